The molecule has 1 saturated heterocycles. The standard InChI is InChI=1S/C16H22N2O4/c1-11(20)18-13(8-17-15(21)10-22-2)16(14(18)9-19)12-6-4-3-5-7-12/h3-7,13-14,16,19H,8-10H2,1-2H3,(H,17,21)/t13-,14-,16-/m0/s1. The number of hydrogen-bond donors (Lipinski definition) is 2. The average Bonchev–Trinajstić information content (AvgIpc) is 2.47. The number of carbonyl (C=O) groups excluding carboxylic acids is 2. The van der Waals surface area contributed by atoms with Gasteiger partial charge in [-0.15, -0.1) is 0 Å². The van der Waals surface area contributed by atoms with E-state index < -0.39 is 0 Å². The number of hydrogen-bond acceptors (Lipinski definition) is 4. The normalized spacial score (nSPS) is 23.8. The predicted octanol–water partition coefficient (Wildman–Crippen LogP) is 0.124. The maximum Gasteiger partial charge on any atom is 0.246 e. The van der Waals surface area contributed by atoms with Crippen molar-refractivity contribution in [2.75, 3.05) is 26.9 Å². The molecule has 0 bridgehead atoms. The number of methoxy groups -OCH3 is 1. The van der Waals surface area contributed by atoms with Gasteiger partial charge in [0, 0.05) is 26.5 Å². The summed E-state index contributed by atoms with van der Waals surface area (Å²) in [5.41, 5.74) is 1.06. The summed E-state index contributed by atoms with van der Waals surface area (Å²) < 4.78 is 4.78. The molecule has 1 aliphatic rings. The summed E-state index contributed by atoms with van der Waals surface area (Å²) in [6.45, 7) is 1.72. The van der Waals surface area contributed by atoms with Crippen LogP contribution in [0.5, 0.6) is 0 Å². The number of ether oxygens (including phenoxy) is 1. The first kappa shape index (κ1) is 16.5. The molecule has 0 unspecified atom stereocenters. The van der Waals surface area contributed by atoms with Crippen molar-refractivity contribution in [2.24, 2.45) is 0 Å². The van der Waals surface area contributed by atoms with Gasteiger partial charge >= 0.3 is 0 Å². The van der Waals surface area contributed by atoms with Gasteiger partial charge in [0.2, 0.25) is 11.8 Å². The van der Waals surface area contributed by atoms with Crippen molar-refractivity contribution in [1.29, 1.82) is 0 Å². The highest BCUT2D eigenvalue weighted by Crippen LogP contribution is 2.40. The molecular weight excluding hydrogens is 284 g/mol. The molecule has 1 aromatic carbocycles. The number of nitrogens with zero attached hydrogens (tertiary/aromatic N) is 1. The van der Waals surface area contributed by atoms with Crippen molar-refractivity contribution in [2.45, 2.75) is 24.9 Å². The Kier molecular flexibility index (Phi) is 5.51. The van der Waals surface area contributed by atoms with Crippen LogP contribution in [0.2, 0.25) is 0 Å². The van der Waals surface area contributed by atoms with Gasteiger partial charge in [-0.2, -0.15) is 0 Å². The quantitative estimate of drug-likeness (QED) is 0.783. The number of likely N-dealkylation sites (tertiary alicyclic amines) is 1. The Morgan fingerprint density at radius 1 is 1.27 bits per heavy atom. The van der Waals surface area contributed by atoms with Crippen LogP contribution in [-0.4, -0.2) is 60.8 Å². The first-order valence-electron chi connectivity index (χ1n) is 7.30. The van der Waals surface area contributed by atoms with Crippen LogP contribution in [0.15, 0.2) is 30.3 Å². The van der Waals surface area contributed by atoms with Crippen LogP contribution in [0.25, 0.3) is 0 Å². The molecule has 0 radical (unpaired) electrons. The average molecular weight is 306 g/mol. The van der Waals surface area contributed by atoms with Gasteiger partial charge < -0.3 is 20.1 Å². The Morgan fingerprint density at radius 3 is 2.50 bits per heavy atom. The van der Waals surface area contributed by atoms with Gasteiger partial charge in [0.1, 0.15) is 6.61 Å². The molecule has 0 aromatic heterocycles. The largest absolute Gasteiger partial charge is 0.394 e. The molecule has 1 aliphatic heterocycles. The maximum absolute atomic E-state index is 11.8. The second-order valence-corrected chi connectivity index (χ2v) is 5.42. The first-order valence-corrected chi connectivity index (χ1v) is 7.30. The fourth-order valence-corrected chi connectivity index (χ4v) is 3.16. The topological polar surface area (TPSA) is 78.9 Å². The van der Waals surface area contributed by atoms with E-state index in [0.29, 0.717) is 6.54 Å². The molecule has 2 N–H and O–H groups in total. The lowest BCUT2D eigenvalue weighted by molar-refractivity contribution is -0.148. The van der Waals surface area contributed by atoms with Crippen LogP contribution < -0.4 is 5.32 Å². The minimum atomic E-state index is -0.246. The Labute approximate surface area is 130 Å². The first-order chi connectivity index (χ1) is 10.6. The molecule has 120 valence electrons. The van der Waals surface area contributed by atoms with E-state index in [1.165, 1.54) is 14.0 Å². The molecule has 0 aliphatic carbocycles. The molecule has 1 heterocycles. The van der Waals surface area contributed by atoms with E-state index in [1.807, 2.05) is 30.3 Å². The molecule has 6 nitrogen and oxygen atoms in total. The van der Waals surface area contributed by atoms with E-state index >= 15 is 0 Å². The summed E-state index contributed by atoms with van der Waals surface area (Å²) >= 11 is 0. The second-order valence-electron chi connectivity index (χ2n) is 5.42. The molecule has 0 saturated carbocycles. The van der Waals surface area contributed by atoms with Crippen LogP contribution >= 0.6 is 0 Å². The van der Waals surface area contributed by atoms with Gasteiger partial charge in [0.25, 0.3) is 0 Å². The summed E-state index contributed by atoms with van der Waals surface area (Å²) in [5, 5.41) is 12.4. The van der Waals surface area contributed by atoms with Crippen LogP contribution in [0, 0.1) is 0 Å². The smallest absolute Gasteiger partial charge is 0.246 e. The van der Waals surface area contributed by atoms with Gasteiger partial charge in [-0.25, -0.2) is 0 Å². The fourth-order valence-electron chi connectivity index (χ4n) is 3.16. The highest BCUT2D eigenvalue weighted by molar-refractivity contribution is 5.78. The van der Waals surface area contributed by atoms with E-state index in [-0.39, 0.29) is 43.0 Å². The molecule has 6 heteroatoms. The maximum atomic E-state index is 11.8. The van der Waals surface area contributed by atoms with Gasteiger partial charge in [-0.3, -0.25) is 9.59 Å². The Balaban J connectivity index is 2.14. The second kappa shape index (κ2) is 7.38. The number of rotatable bonds is 6. The molecule has 1 aromatic rings. The van der Waals surface area contributed by atoms with Crippen molar-refractivity contribution >= 4 is 11.8 Å². The fraction of sp³-hybridized carbons (Fsp3) is 0.500. The lowest BCUT2D eigenvalue weighted by Crippen LogP contribution is -2.68. The van der Waals surface area contributed by atoms with Gasteiger partial charge in [-0.05, 0) is 5.56 Å². The number of carbonyl (C=O) groups is 2. The predicted molar refractivity (Wildman–Crippen MR) is 81.3 cm³/mol. The van der Waals surface area contributed by atoms with Gasteiger partial charge in [0.05, 0.1) is 18.7 Å². The number of aliphatic hydroxyl groups is 1. The summed E-state index contributed by atoms with van der Waals surface area (Å²) in [7, 11) is 1.46. The summed E-state index contributed by atoms with van der Waals surface area (Å²) in [4.78, 5) is 25.0. The van der Waals surface area contributed by atoms with Crippen molar-refractivity contribution in [1.82, 2.24) is 10.2 Å². The lowest BCUT2D eigenvalue weighted by atomic mass is 9.75. The minimum absolute atomic E-state index is 0.00771. The third-order valence-corrected chi connectivity index (χ3v) is 4.06. The SMILES string of the molecule is COCC(=O)NC[C@H]1[C@H](c2ccccc2)[C@H](CO)N1C(C)=O. The van der Waals surface area contributed by atoms with Crippen LogP contribution in [0.3, 0.4) is 0 Å². The number of aliphatic hydroxyl groups excluding tert-OH is 1. The van der Waals surface area contributed by atoms with Crippen molar-refractivity contribution in [3.63, 3.8) is 0 Å². The van der Waals surface area contributed by atoms with E-state index in [0.717, 1.165) is 5.56 Å². The Bertz CT molecular complexity index is 520. The van der Waals surface area contributed by atoms with E-state index in [1.54, 1.807) is 4.90 Å². The zero-order valence-corrected chi connectivity index (χ0v) is 12.9. The van der Waals surface area contributed by atoms with Crippen molar-refractivity contribution < 1.29 is 19.4 Å². The summed E-state index contributed by atoms with van der Waals surface area (Å²) in [5.74, 6) is -0.305. The molecule has 22 heavy (non-hydrogen) atoms. The van der Waals surface area contributed by atoms with Crippen molar-refractivity contribution in [3.05, 3.63) is 35.9 Å². The number of benzene rings is 1. The molecule has 3 atom stereocenters. The molecular formula is C16H22N2O4. The third kappa shape index (κ3) is 3.28. The molecule has 1 fully saturated rings. The zero-order chi connectivity index (χ0) is 16.1. The molecule has 2 amide bonds. The van der Waals surface area contributed by atoms with E-state index in [9.17, 15) is 14.7 Å². The molecule has 0 spiro atoms. The lowest BCUT2D eigenvalue weighted by Gasteiger charge is -2.54. The van der Waals surface area contributed by atoms with Crippen LogP contribution in [0.1, 0.15) is 18.4 Å². The summed E-state index contributed by atoms with van der Waals surface area (Å²) in [6.07, 6.45) is 0. The van der Waals surface area contributed by atoms with E-state index in [4.69, 9.17) is 4.74 Å². The van der Waals surface area contributed by atoms with Gasteiger partial charge in [-0.1, -0.05) is 30.3 Å². The summed E-state index contributed by atoms with van der Waals surface area (Å²) in [6, 6.07) is 9.35. The highest BCUT2D eigenvalue weighted by Gasteiger charge is 2.49. The number of nitrogens with one attached hydrogen (secondary N) is 1. The highest BCUT2D eigenvalue weighted by atomic mass is 16.5. The monoisotopic (exact) mass is 306 g/mol. The Hall–Kier alpha value is -1.92. The zero-order valence-electron chi connectivity index (χ0n) is 12.9. The Morgan fingerprint density at radius 2 is 1.95 bits per heavy atom. The number of amides is 2. The molecule has 2 rings (SSSR count). The minimum Gasteiger partial charge on any atom is -0.394 e. The van der Waals surface area contributed by atoms with Gasteiger partial charge in [0.15, 0.2) is 0 Å². The third-order valence-electron chi connectivity index (χ3n) is 4.06. The van der Waals surface area contributed by atoms with Crippen molar-refractivity contribution in [3.8, 4) is 0 Å². The van der Waals surface area contributed by atoms with Crippen LogP contribution in [-0.2, 0) is 14.3 Å². The van der Waals surface area contributed by atoms with Crippen LogP contribution in [0.4, 0.5) is 0 Å². The van der Waals surface area contributed by atoms with E-state index in [2.05, 4.69) is 5.32 Å².